The minimum atomic E-state index is -1.00. The van der Waals surface area contributed by atoms with Gasteiger partial charge in [-0.05, 0) is 89.1 Å². The molecular formula is C31H26N2O5S. The predicted molar refractivity (Wildman–Crippen MR) is 155 cm³/mol. The van der Waals surface area contributed by atoms with Gasteiger partial charge >= 0.3 is 5.97 Å². The van der Waals surface area contributed by atoms with Crippen LogP contribution in [0.4, 0.5) is 5.69 Å². The Hall–Kier alpha value is -4.56. The number of carboxylic acid groups (broad SMARTS) is 1. The van der Waals surface area contributed by atoms with Crippen molar-refractivity contribution < 1.29 is 24.2 Å². The van der Waals surface area contributed by atoms with Crippen molar-refractivity contribution >= 4 is 51.3 Å². The van der Waals surface area contributed by atoms with E-state index in [0.29, 0.717) is 40.5 Å². The second kappa shape index (κ2) is 11.4. The number of carbonyl (C=O) groups is 2. The van der Waals surface area contributed by atoms with Gasteiger partial charge in [-0.1, -0.05) is 42.5 Å². The summed E-state index contributed by atoms with van der Waals surface area (Å²) in [6, 6.07) is 26.3. The fraction of sp³-hybridized carbons (Fsp3) is 0.129. The first-order valence-corrected chi connectivity index (χ1v) is 13.2. The molecule has 0 unspecified atom stereocenters. The number of hydrogen-bond acceptors (Lipinski definition) is 6. The van der Waals surface area contributed by atoms with Crippen molar-refractivity contribution in [2.24, 2.45) is 4.99 Å². The van der Waals surface area contributed by atoms with Gasteiger partial charge in [-0.3, -0.25) is 9.69 Å². The van der Waals surface area contributed by atoms with Crippen LogP contribution in [0, 0.1) is 0 Å². The minimum Gasteiger partial charge on any atom is -0.490 e. The second-order valence-electron chi connectivity index (χ2n) is 8.83. The van der Waals surface area contributed by atoms with Crippen LogP contribution in [-0.4, -0.2) is 40.7 Å². The van der Waals surface area contributed by atoms with Crippen molar-refractivity contribution in [3.8, 4) is 11.5 Å². The van der Waals surface area contributed by atoms with Crippen LogP contribution in [0.2, 0.25) is 0 Å². The Kier molecular flexibility index (Phi) is 7.65. The molecule has 39 heavy (non-hydrogen) atoms. The van der Waals surface area contributed by atoms with Crippen LogP contribution < -0.4 is 9.47 Å². The van der Waals surface area contributed by atoms with Gasteiger partial charge in [0.2, 0.25) is 0 Å². The van der Waals surface area contributed by atoms with Crippen molar-refractivity contribution in [3.05, 3.63) is 107 Å². The molecule has 0 aromatic heterocycles. The molecule has 1 heterocycles. The third-order valence-corrected chi connectivity index (χ3v) is 7.18. The minimum absolute atomic E-state index is 0.171. The molecule has 0 saturated carbocycles. The Balaban J connectivity index is 1.33. The predicted octanol–water partition coefficient (Wildman–Crippen LogP) is 6.75. The van der Waals surface area contributed by atoms with Crippen LogP contribution in [0.5, 0.6) is 11.5 Å². The highest BCUT2D eigenvalue weighted by molar-refractivity contribution is 8.18. The van der Waals surface area contributed by atoms with E-state index in [4.69, 9.17) is 14.6 Å². The van der Waals surface area contributed by atoms with E-state index in [9.17, 15) is 9.59 Å². The summed E-state index contributed by atoms with van der Waals surface area (Å²) in [4.78, 5) is 30.5. The van der Waals surface area contributed by atoms with Crippen LogP contribution in [0.1, 0.15) is 28.4 Å². The number of carbonyl (C=O) groups excluding carboxylic acids is 1. The highest BCUT2D eigenvalue weighted by Gasteiger charge is 2.30. The number of ether oxygens (including phenoxy) is 2. The number of hydrogen-bond donors (Lipinski definition) is 1. The van der Waals surface area contributed by atoms with E-state index in [1.54, 1.807) is 25.3 Å². The molecule has 1 saturated heterocycles. The molecule has 1 fully saturated rings. The van der Waals surface area contributed by atoms with Crippen molar-refractivity contribution in [3.63, 3.8) is 0 Å². The average molecular weight is 539 g/mol. The molecule has 1 amide bonds. The van der Waals surface area contributed by atoms with Crippen LogP contribution in [0.3, 0.4) is 0 Å². The van der Waals surface area contributed by atoms with Crippen LogP contribution in [0.25, 0.3) is 16.8 Å². The number of thioether (sulfide) groups is 1. The molecule has 1 aliphatic rings. The normalized spacial score (nSPS) is 15.3. The quantitative estimate of drug-likeness (QED) is 0.250. The number of likely N-dealkylation sites (N-methyl/N-ethyl adjacent to an activating group) is 1. The fourth-order valence-electron chi connectivity index (χ4n) is 4.08. The van der Waals surface area contributed by atoms with Gasteiger partial charge in [0.1, 0.15) is 6.61 Å². The van der Waals surface area contributed by atoms with E-state index in [1.165, 1.54) is 34.2 Å². The van der Waals surface area contributed by atoms with E-state index in [2.05, 4.69) is 35.3 Å². The maximum absolute atomic E-state index is 12.9. The van der Waals surface area contributed by atoms with Gasteiger partial charge in [0.05, 0.1) is 22.8 Å². The van der Waals surface area contributed by atoms with E-state index < -0.39 is 5.97 Å². The molecule has 0 bridgehead atoms. The van der Waals surface area contributed by atoms with Gasteiger partial charge in [-0.25, -0.2) is 9.79 Å². The molecule has 0 spiro atoms. The summed E-state index contributed by atoms with van der Waals surface area (Å²) in [5, 5.41) is 11.9. The summed E-state index contributed by atoms with van der Waals surface area (Å²) in [5.74, 6) is 0.0552. The maximum Gasteiger partial charge on any atom is 0.335 e. The molecule has 5 rings (SSSR count). The van der Waals surface area contributed by atoms with Gasteiger partial charge in [0.25, 0.3) is 5.91 Å². The third-order valence-electron chi connectivity index (χ3n) is 6.12. The zero-order chi connectivity index (χ0) is 27.4. The van der Waals surface area contributed by atoms with Crippen LogP contribution >= 0.6 is 11.8 Å². The summed E-state index contributed by atoms with van der Waals surface area (Å²) in [6.45, 7) is 2.79. The number of carboxylic acids is 1. The zero-order valence-corrected chi connectivity index (χ0v) is 22.3. The lowest BCUT2D eigenvalue weighted by atomic mass is 10.1. The first-order valence-electron chi connectivity index (χ1n) is 12.4. The SMILES string of the molecule is CCOc1cc(/C=C2\SC(=Nc3ccc(C(=O)O)cc3)N(C)C2=O)ccc1OCc1ccc2ccccc2c1. The first kappa shape index (κ1) is 26.1. The van der Waals surface area contributed by atoms with Crippen molar-refractivity contribution in [2.45, 2.75) is 13.5 Å². The number of aromatic carboxylic acids is 1. The highest BCUT2D eigenvalue weighted by Crippen LogP contribution is 2.35. The molecule has 0 atom stereocenters. The van der Waals surface area contributed by atoms with Gasteiger partial charge in [0.15, 0.2) is 16.7 Å². The molecule has 0 aliphatic carbocycles. The van der Waals surface area contributed by atoms with Crippen LogP contribution in [0.15, 0.2) is 94.8 Å². The summed E-state index contributed by atoms with van der Waals surface area (Å²) in [6.07, 6.45) is 1.80. The van der Waals surface area contributed by atoms with E-state index in [0.717, 1.165) is 16.5 Å². The van der Waals surface area contributed by atoms with Gasteiger partial charge < -0.3 is 14.6 Å². The second-order valence-corrected chi connectivity index (χ2v) is 9.84. The molecule has 0 radical (unpaired) electrons. The number of fused-ring (bicyclic) bond motifs is 1. The molecule has 1 N–H and O–H groups in total. The Morgan fingerprint density at radius 2 is 1.72 bits per heavy atom. The summed E-state index contributed by atoms with van der Waals surface area (Å²) in [5.41, 5.74) is 2.60. The van der Waals surface area contributed by atoms with E-state index in [1.807, 2.05) is 37.3 Å². The highest BCUT2D eigenvalue weighted by atomic mass is 32.2. The lowest BCUT2D eigenvalue weighted by Gasteiger charge is -2.13. The monoisotopic (exact) mass is 538 g/mol. The summed E-state index contributed by atoms with van der Waals surface area (Å²) in [7, 11) is 1.66. The smallest absolute Gasteiger partial charge is 0.335 e. The Morgan fingerprint density at radius 1 is 0.949 bits per heavy atom. The van der Waals surface area contributed by atoms with Gasteiger partial charge in [0, 0.05) is 7.05 Å². The Morgan fingerprint density at radius 3 is 2.46 bits per heavy atom. The molecule has 196 valence electrons. The Bertz CT molecular complexity index is 1610. The Labute approximate surface area is 230 Å². The van der Waals surface area contributed by atoms with Gasteiger partial charge in [-0.2, -0.15) is 0 Å². The lowest BCUT2D eigenvalue weighted by molar-refractivity contribution is -0.121. The van der Waals surface area contributed by atoms with Gasteiger partial charge in [-0.15, -0.1) is 0 Å². The van der Waals surface area contributed by atoms with Crippen molar-refractivity contribution in [1.29, 1.82) is 0 Å². The molecular weight excluding hydrogens is 512 g/mol. The molecule has 4 aromatic carbocycles. The van der Waals surface area contributed by atoms with E-state index >= 15 is 0 Å². The van der Waals surface area contributed by atoms with Crippen molar-refractivity contribution in [2.75, 3.05) is 13.7 Å². The molecule has 8 heteroatoms. The average Bonchev–Trinajstić information content (AvgIpc) is 3.20. The largest absolute Gasteiger partial charge is 0.490 e. The van der Waals surface area contributed by atoms with Crippen molar-refractivity contribution in [1.82, 2.24) is 4.90 Å². The molecule has 1 aliphatic heterocycles. The fourth-order valence-corrected chi connectivity index (χ4v) is 5.07. The summed E-state index contributed by atoms with van der Waals surface area (Å²) >= 11 is 1.26. The molecule has 4 aromatic rings. The topological polar surface area (TPSA) is 88.4 Å². The standard InChI is InChI=1S/C31H26N2O5S/c1-3-37-27-17-20(9-15-26(27)38-19-21-8-10-22-6-4-5-7-24(22)16-21)18-28-29(34)33(2)31(39-28)32-25-13-11-23(12-14-25)30(35)36/h4-18H,3,19H2,1-2H3,(H,35,36)/b28-18-,32-31?. The van der Waals surface area contributed by atoms with Crippen LogP contribution in [-0.2, 0) is 11.4 Å². The number of aliphatic imine (C=N–C) groups is 1. The van der Waals surface area contributed by atoms with E-state index in [-0.39, 0.29) is 11.5 Å². The lowest BCUT2D eigenvalue weighted by Crippen LogP contribution is -2.23. The summed E-state index contributed by atoms with van der Waals surface area (Å²) < 4.78 is 12.0. The molecule has 7 nitrogen and oxygen atoms in total. The zero-order valence-electron chi connectivity index (χ0n) is 21.5. The maximum atomic E-state index is 12.9. The number of amidine groups is 1. The number of benzene rings is 4. The number of nitrogens with zero attached hydrogens (tertiary/aromatic N) is 2. The first-order chi connectivity index (χ1) is 18.9. The number of rotatable bonds is 8. The number of amides is 1. The third kappa shape index (κ3) is 5.97.